The Morgan fingerprint density at radius 1 is 1.13 bits per heavy atom. The van der Waals surface area contributed by atoms with Crippen molar-refractivity contribution >= 4 is 5.82 Å². The van der Waals surface area contributed by atoms with Crippen molar-refractivity contribution in [3.8, 4) is 0 Å². The van der Waals surface area contributed by atoms with E-state index in [4.69, 9.17) is 0 Å². The first-order chi connectivity index (χ1) is 11.0. The van der Waals surface area contributed by atoms with Crippen LogP contribution < -0.4 is 4.90 Å². The SMILES string of the molecule is Cc1cnc(C)c(N2CCC(Cc3ccc(F)c(F)c3)CC2)n1. The Kier molecular flexibility index (Phi) is 4.55. The van der Waals surface area contributed by atoms with Gasteiger partial charge in [-0.1, -0.05) is 6.07 Å². The molecule has 0 radical (unpaired) electrons. The minimum atomic E-state index is -0.780. The topological polar surface area (TPSA) is 29.0 Å². The van der Waals surface area contributed by atoms with E-state index in [0.29, 0.717) is 5.92 Å². The fourth-order valence-corrected chi connectivity index (χ4v) is 3.17. The maximum Gasteiger partial charge on any atom is 0.159 e. The minimum absolute atomic E-state index is 0.495. The lowest BCUT2D eigenvalue weighted by Crippen LogP contribution is -2.35. The van der Waals surface area contributed by atoms with Gasteiger partial charge in [-0.3, -0.25) is 4.98 Å². The van der Waals surface area contributed by atoms with Crippen molar-refractivity contribution in [3.05, 3.63) is 53.0 Å². The zero-order valence-electron chi connectivity index (χ0n) is 13.5. The molecule has 122 valence electrons. The van der Waals surface area contributed by atoms with Crippen LogP contribution in [0.2, 0.25) is 0 Å². The molecule has 0 aliphatic carbocycles. The predicted octanol–water partition coefficient (Wildman–Crippen LogP) is 3.83. The molecular weight excluding hydrogens is 296 g/mol. The summed E-state index contributed by atoms with van der Waals surface area (Å²) in [5, 5.41) is 0. The lowest BCUT2D eigenvalue weighted by Gasteiger charge is -2.33. The molecule has 2 heterocycles. The summed E-state index contributed by atoms with van der Waals surface area (Å²) in [4.78, 5) is 11.3. The summed E-state index contributed by atoms with van der Waals surface area (Å²) >= 11 is 0. The molecule has 1 aliphatic rings. The van der Waals surface area contributed by atoms with E-state index in [9.17, 15) is 8.78 Å². The summed E-state index contributed by atoms with van der Waals surface area (Å²) in [6, 6.07) is 4.21. The van der Waals surface area contributed by atoms with Crippen LogP contribution in [0.3, 0.4) is 0 Å². The van der Waals surface area contributed by atoms with Crippen molar-refractivity contribution in [1.29, 1.82) is 0 Å². The van der Waals surface area contributed by atoms with Crippen LogP contribution in [-0.2, 0) is 6.42 Å². The molecule has 5 heteroatoms. The molecule has 0 atom stereocenters. The molecule has 1 aliphatic heterocycles. The molecule has 0 amide bonds. The molecule has 3 nitrogen and oxygen atoms in total. The van der Waals surface area contributed by atoms with Gasteiger partial charge in [-0.25, -0.2) is 13.8 Å². The molecule has 0 bridgehead atoms. The summed E-state index contributed by atoms with van der Waals surface area (Å²) in [5.41, 5.74) is 2.75. The third-order valence-corrected chi connectivity index (χ3v) is 4.47. The molecule has 0 saturated carbocycles. The predicted molar refractivity (Wildman–Crippen MR) is 86.5 cm³/mol. The zero-order chi connectivity index (χ0) is 16.4. The number of piperidine rings is 1. The second kappa shape index (κ2) is 6.60. The van der Waals surface area contributed by atoms with Crippen molar-refractivity contribution in [2.24, 2.45) is 5.92 Å². The average Bonchev–Trinajstić information content (AvgIpc) is 2.54. The molecule has 1 saturated heterocycles. The smallest absolute Gasteiger partial charge is 0.159 e. The first kappa shape index (κ1) is 15.8. The van der Waals surface area contributed by atoms with Crippen LogP contribution in [0.1, 0.15) is 29.8 Å². The Hall–Kier alpha value is -2.04. The monoisotopic (exact) mass is 317 g/mol. The van der Waals surface area contributed by atoms with Crippen LogP contribution in [0.25, 0.3) is 0 Å². The van der Waals surface area contributed by atoms with Crippen molar-refractivity contribution in [2.45, 2.75) is 33.1 Å². The molecule has 2 aromatic rings. The third-order valence-electron chi connectivity index (χ3n) is 4.47. The number of hydrogen-bond acceptors (Lipinski definition) is 3. The summed E-state index contributed by atoms with van der Waals surface area (Å²) in [5.74, 6) is -0.0758. The van der Waals surface area contributed by atoms with Gasteiger partial charge in [-0.15, -0.1) is 0 Å². The molecular formula is C18H21F2N3. The van der Waals surface area contributed by atoms with E-state index in [1.165, 1.54) is 12.1 Å². The fourth-order valence-electron chi connectivity index (χ4n) is 3.17. The summed E-state index contributed by atoms with van der Waals surface area (Å²) in [6.45, 7) is 5.78. The first-order valence-electron chi connectivity index (χ1n) is 8.02. The first-order valence-corrected chi connectivity index (χ1v) is 8.02. The van der Waals surface area contributed by atoms with Crippen LogP contribution in [0.5, 0.6) is 0 Å². The summed E-state index contributed by atoms with van der Waals surface area (Å²) in [7, 11) is 0. The maximum absolute atomic E-state index is 13.3. The number of anilines is 1. The van der Waals surface area contributed by atoms with Gasteiger partial charge in [0.15, 0.2) is 11.6 Å². The fraction of sp³-hybridized carbons (Fsp3) is 0.444. The third kappa shape index (κ3) is 3.66. The number of nitrogens with zero attached hydrogens (tertiary/aromatic N) is 3. The molecule has 0 spiro atoms. The van der Waals surface area contributed by atoms with Crippen molar-refractivity contribution < 1.29 is 8.78 Å². The summed E-state index contributed by atoms with van der Waals surface area (Å²) in [6.07, 6.45) is 4.63. The lowest BCUT2D eigenvalue weighted by atomic mass is 9.90. The van der Waals surface area contributed by atoms with Crippen LogP contribution in [-0.4, -0.2) is 23.1 Å². The van der Waals surface area contributed by atoms with Gasteiger partial charge in [0.05, 0.1) is 11.4 Å². The molecule has 1 fully saturated rings. The summed E-state index contributed by atoms with van der Waals surface area (Å²) < 4.78 is 26.3. The van der Waals surface area contributed by atoms with E-state index < -0.39 is 11.6 Å². The van der Waals surface area contributed by atoms with Gasteiger partial charge in [0.2, 0.25) is 0 Å². The number of hydrogen-bond donors (Lipinski definition) is 0. The quantitative estimate of drug-likeness (QED) is 0.861. The highest BCUT2D eigenvalue weighted by molar-refractivity contribution is 5.43. The molecule has 23 heavy (non-hydrogen) atoms. The Balaban J connectivity index is 1.62. The Labute approximate surface area is 135 Å². The second-order valence-corrected chi connectivity index (χ2v) is 6.30. The maximum atomic E-state index is 13.3. The van der Waals surface area contributed by atoms with Crippen molar-refractivity contribution in [1.82, 2.24) is 9.97 Å². The number of aryl methyl sites for hydroxylation is 2. The van der Waals surface area contributed by atoms with Crippen molar-refractivity contribution in [3.63, 3.8) is 0 Å². The van der Waals surface area contributed by atoms with Crippen LogP contribution in [0, 0.1) is 31.4 Å². The van der Waals surface area contributed by atoms with Gasteiger partial charge in [-0.05, 0) is 56.7 Å². The largest absolute Gasteiger partial charge is 0.355 e. The molecule has 0 N–H and O–H groups in total. The Morgan fingerprint density at radius 2 is 1.87 bits per heavy atom. The van der Waals surface area contributed by atoms with Gasteiger partial charge in [0, 0.05) is 19.3 Å². The van der Waals surface area contributed by atoms with Crippen molar-refractivity contribution in [2.75, 3.05) is 18.0 Å². The number of aromatic nitrogens is 2. The van der Waals surface area contributed by atoms with Crippen LogP contribution in [0.4, 0.5) is 14.6 Å². The highest BCUT2D eigenvalue weighted by atomic mass is 19.2. The van der Waals surface area contributed by atoms with Crippen LogP contribution in [0.15, 0.2) is 24.4 Å². The molecule has 3 rings (SSSR count). The number of benzene rings is 1. The molecule has 0 unspecified atom stereocenters. The lowest BCUT2D eigenvalue weighted by molar-refractivity contribution is 0.400. The van der Waals surface area contributed by atoms with Gasteiger partial charge < -0.3 is 4.90 Å². The van der Waals surface area contributed by atoms with Gasteiger partial charge in [0.25, 0.3) is 0 Å². The van der Waals surface area contributed by atoms with Gasteiger partial charge in [0.1, 0.15) is 5.82 Å². The average molecular weight is 317 g/mol. The zero-order valence-corrected chi connectivity index (χ0v) is 13.5. The van der Waals surface area contributed by atoms with E-state index in [1.807, 2.05) is 13.8 Å². The number of rotatable bonds is 3. The number of halogens is 2. The van der Waals surface area contributed by atoms with E-state index in [-0.39, 0.29) is 0 Å². The van der Waals surface area contributed by atoms with E-state index in [2.05, 4.69) is 14.9 Å². The normalized spacial score (nSPS) is 15.9. The highest BCUT2D eigenvalue weighted by Gasteiger charge is 2.22. The highest BCUT2D eigenvalue weighted by Crippen LogP contribution is 2.26. The Bertz CT molecular complexity index is 695. The van der Waals surface area contributed by atoms with E-state index in [0.717, 1.165) is 55.1 Å². The molecule has 1 aromatic carbocycles. The van der Waals surface area contributed by atoms with Gasteiger partial charge >= 0.3 is 0 Å². The van der Waals surface area contributed by atoms with E-state index in [1.54, 1.807) is 12.3 Å². The van der Waals surface area contributed by atoms with E-state index >= 15 is 0 Å². The molecule has 1 aromatic heterocycles. The minimum Gasteiger partial charge on any atom is -0.355 e. The standard InChI is InChI=1S/C18H21F2N3/c1-12-11-21-13(2)18(22-12)23-7-5-14(6-8-23)9-15-3-4-16(19)17(20)10-15/h3-4,10-11,14H,5-9H2,1-2H3. The van der Waals surface area contributed by atoms with Crippen LogP contribution >= 0.6 is 0 Å². The Morgan fingerprint density at radius 3 is 2.57 bits per heavy atom. The second-order valence-electron chi connectivity index (χ2n) is 6.30. The van der Waals surface area contributed by atoms with Gasteiger partial charge in [-0.2, -0.15) is 0 Å².